The van der Waals surface area contributed by atoms with E-state index in [1.807, 2.05) is 12.1 Å². The zero-order valence-electron chi connectivity index (χ0n) is 9.20. The first-order valence-corrected chi connectivity index (χ1v) is 5.63. The molecule has 1 atom stereocenters. The Labute approximate surface area is 96.1 Å². The lowest BCUT2D eigenvalue weighted by molar-refractivity contribution is 0.448. The van der Waals surface area contributed by atoms with Crippen LogP contribution in [0.15, 0.2) is 18.2 Å². The van der Waals surface area contributed by atoms with Crippen LogP contribution in [0.1, 0.15) is 38.3 Å². The molecular weight excluding hydrogens is 210 g/mol. The van der Waals surface area contributed by atoms with Gasteiger partial charge >= 0.3 is 0 Å². The molecule has 0 aliphatic heterocycles. The zero-order chi connectivity index (χ0) is 11.4. The molecule has 2 nitrogen and oxygen atoms in total. The first-order valence-electron chi connectivity index (χ1n) is 5.25. The van der Waals surface area contributed by atoms with Gasteiger partial charge in [0.25, 0.3) is 0 Å². The van der Waals surface area contributed by atoms with Crippen LogP contribution in [0.3, 0.4) is 0 Å². The highest BCUT2D eigenvalue weighted by molar-refractivity contribution is 6.32. The molecular formula is C12H18ClNO. The van der Waals surface area contributed by atoms with Gasteiger partial charge < -0.3 is 10.8 Å². The molecule has 1 rings (SSSR count). The second-order valence-electron chi connectivity index (χ2n) is 4.26. The maximum atomic E-state index is 9.72. The summed E-state index contributed by atoms with van der Waals surface area (Å²) in [5, 5.41) is 10.1. The third kappa shape index (κ3) is 3.40. The molecule has 0 aliphatic carbocycles. The lowest BCUT2D eigenvalue weighted by Crippen LogP contribution is -2.11. The minimum atomic E-state index is -0.133. The molecule has 0 aromatic heterocycles. The molecule has 0 saturated carbocycles. The van der Waals surface area contributed by atoms with Crippen LogP contribution in [0.25, 0.3) is 0 Å². The lowest BCUT2D eigenvalue weighted by Gasteiger charge is -2.15. The Morgan fingerprint density at radius 2 is 2.00 bits per heavy atom. The molecule has 1 aromatic carbocycles. The van der Waals surface area contributed by atoms with Gasteiger partial charge in [-0.2, -0.15) is 0 Å². The van der Waals surface area contributed by atoms with Gasteiger partial charge in [-0.3, -0.25) is 0 Å². The summed E-state index contributed by atoms with van der Waals surface area (Å²) in [5.74, 6) is 0.743. The number of phenolic OH excluding ortho intramolecular Hbond substituents is 1. The molecule has 0 radical (unpaired) electrons. The second kappa shape index (κ2) is 5.38. The van der Waals surface area contributed by atoms with Gasteiger partial charge in [0.15, 0.2) is 0 Å². The normalized spacial score (nSPS) is 13.1. The van der Waals surface area contributed by atoms with Gasteiger partial charge in [-0.1, -0.05) is 37.6 Å². The van der Waals surface area contributed by atoms with Crippen LogP contribution in [0.4, 0.5) is 0 Å². The van der Waals surface area contributed by atoms with Crippen LogP contribution < -0.4 is 5.73 Å². The summed E-state index contributed by atoms with van der Waals surface area (Å²) >= 11 is 5.82. The Bertz CT molecular complexity index is 325. The number of hydrogen-bond acceptors (Lipinski definition) is 2. The maximum absolute atomic E-state index is 9.72. The highest BCUT2D eigenvalue weighted by atomic mass is 35.5. The van der Waals surface area contributed by atoms with E-state index in [4.69, 9.17) is 17.3 Å². The van der Waals surface area contributed by atoms with E-state index in [0.29, 0.717) is 10.9 Å². The first kappa shape index (κ1) is 12.3. The Kier molecular flexibility index (Phi) is 4.43. The number of para-hydroxylation sites is 1. The van der Waals surface area contributed by atoms with Gasteiger partial charge in [0, 0.05) is 11.6 Å². The summed E-state index contributed by atoms with van der Waals surface area (Å²) in [5.41, 5.74) is 6.73. The molecule has 3 heteroatoms. The third-order valence-corrected chi connectivity index (χ3v) is 2.78. The van der Waals surface area contributed by atoms with Crippen molar-refractivity contribution in [3.05, 3.63) is 28.8 Å². The first-order chi connectivity index (χ1) is 7.02. The summed E-state index contributed by atoms with van der Waals surface area (Å²) in [6, 6.07) is 5.17. The summed E-state index contributed by atoms with van der Waals surface area (Å²) < 4.78 is 0. The molecule has 15 heavy (non-hydrogen) atoms. The molecule has 0 saturated heterocycles. The van der Waals surface area contributed by atoms with Crippen molar-refractivity contribution in [2.75, 3.05) is 0 Å². The predicted octanol–water partition coefficient (Wildman–Crippen LogP) is 3.48. The minimum absolute atomic E-state index is 0.121. The van der Waals surface area contributed by atoms with Crippen LogP contribution >= 0.6 is 11.6 Å². The van der Waals surface area contributed by atoms with Crippen molar-refractivity contribution in [2.45, 2.75) is 32.7 Å². The summed E-state index contributed by atoms with van der Waals surface area (Å²) in [6.07, 6.45) is 1.92. The fourth-order valence-electron chi connectivity index (χ4n) is 1.50. The van der Waals surface area contributed by atoms with E-state index >= 15 is 0 Å². The molecule has 0 bridgehead atoms. The summed E-state index contributed by atoms with van der Waals surface area (Å²) in [6.45, 7) is 4.31. The van der Waals surface area contributed by atoms with Crippen molar-refractivity contribution in [2.24, 2.45) is 11.7 Å². The molecule has 0 fully saturated rings. The smallest absolute Gasteiger partial charge is 0.138 e. The van der Waals surface area contributed by atoms with Gasteiger partial charge in [0.2, 0.25) is 0 Å². The molecule has 3 N–H and O–H groups in total. The third-order valence-electron chi connectivity index (χ3n) is 2.47. The largest absolute Gasteiger partial charge is 0.506 e. The number of halogens is 1. The molecule has 0 spiro atoms. The minimum Gasteiger partial charge on any atom is -0.506 e. The highest BCUT2D eigenvalue weighted by Gasteiger charge is 2.13. The van der Waals surface area contributed by atoms with E-state index in [9.17, 15) is 5.11 Å². The zero-order valence-corrected chi connectivity index (χ0v) is 9.96. The van der Waals surface area contributed by atoms with E-state index in [2.05, 4.69) is 13.8 Å². The van der Waals surface area contributed by atoms with Crippen molar-refractivity contribution in [3.8, 4) is 5.75 Å². The van der Waals surface area contributed by atoms with E-state index in [-0.39, 0.29) is 11.8 Å². The van der Waals surface area contributed by atoms with Crippen molar-refractivity contribution >= 4 is 11.6 Å². The number of hydrogen-bond donors (Lipinski definition) is 2. The van der Waals surface area contributed by atoms with Crippen molar-refractivity contribution in [1.82, 2.24) is 0 Å². The van der Waals surface area contributed by atoms with Crippen LogP contribution in [0, 0.1) is 5.92 Å². The Balaban J connectivity index is 2.73. The van der Waals surface area contributed by atoms with Gasteiger partial charge in [-0.15, -0.1) is 0 Å². The topological polar surface area (TPSA) is 46.2 Å². The monoisotopic (exact) mass is 227 g/mol. The van der Waals surface area contributed by atoms with Crippen LogP contribution in [0.5, 0.6) is 5.75 Å². The Morgan fingerprint density at radius 1 is 1.33 bits per heavy atom. The number of benzene rings is 1. The molecule has 0 heterocycles. The second-order valence-corrected chi connectivity index (χ2v) is 4.66. The van der Waals surface area contributed by atoms with Gasteiger partial charge in [0.05, 0.1) is 5.02 Å². The van der Waals surface area contributed by atoms with E-state index < -0.39 is 0 Å². The average molecular weight is 228 g/mol. The van der Waals surface area contributed by atoms with Gasteiger partial charge in [-0.25, -0.2) is 0 Å². The predicted molar refractivity (Wildman–Crippen MR) is 64.1 cm³/mol. The van der Waals surface area contributed by atoms with E-state index in [1.54, 1.807) is 6.07 Å². The van der Waals surface area contributed by atoms with Crippen LogP contribution in [0.2, 0.25) is 5.02 Å². The quantitative estimate of drug-likeness (QED) is 0.827. The molecule has 84 valence electrons. The molecule has 1 aromatic rings. The number of aromatic hydroxyl groups is 1. The molecule has 0 aliphatic rings. The number of phenols is 1. The SMILES string of the molecule is CC(C)CC[C@@H](N)c1cccc(Cl)c1O. The van der Waals surface area contributed by atoms with E-state index in [1.165, 1.54) is 0 Å². The molecule has 0 unspecified atom stereocenters. The summed E-state index contributed by atoms with van der Waals surface area (Å²) in [4.78, 5) is 0. The van der Waals surface area contributed by atoms with Crippen molar-refractivity contribution in [1.29, 1.82) is 0 Å². The number of nitrogens with two attached hydrogens (primary N) is 1. The van der Waals surface area contributed by atoms with Gasteiger partial charge in [-0.05, 0) is 24.8 Å². The maximum Gasteiger partial charge on any atom is 0.138 e. The van der Waals surface area contributed by atoms with Crippen molar-refractivity contribution < 1.29 is 5.11 Å². The van der Waals surface area contributed by atoms with Crippen LogP contribution in [-0.4, -0.2) is 5.11 Å². The Morgan fingerprint density at radius 3 is 2.60 bits per heavy atom. The van der Waals surface area contributed by atoms with Crippen molar-refractivity contribution in [3.63, 3.8) is 0 Å². The fourth-order valence-corrected chi connectivity index (χ4v) is 1.68. The standard InChI is InChI=1S/C12H18ClNO/c1-8(2)6-7-11(14)9-4-3-5-10(13)12(9)15/h3-5,8,11,15H,6-7,14H2,1-2H3/t11-/m1/s1. The fraction of sp³-hybridized carbons (Fsp3) is 0.500. The van der Waals surface area contributed by atoms with Crippen LogP contribution in [-0.2, 0) is 0 Å². The average Bonchev–Trinajstić information content (AvgIpc) is 2.18. The Hall–Kier alpha value is -0.730. The van der Waals surface area contributed by atoms with Gasteiger partial charge in [0.1, 0.15) is 5.75 Å². The molecule has 0 amide bonds. The lowest BCUT2D eigenvalue weighted by atomic mass is 9.98. The highest BCUT2D eigenvalue weighted by Crippen LogP contribution is 2.32. The van der Waals surface area contributed by atoms with E-state index in [0.717, 1.165) is 18.4 Å². The number of rotatable bonds is 4. The summed E-state index contributed by atoms with van der Waals surface area (Å²) in [7, 11) is 0.